The second kappa shape index (κ2) is 5.30. The predicted octanol–water partition coefficient (Wildman–Crippen LogP) is 1.55. The van der Waals surface area contributed by atoms with Gasteiger partial charge in [0.15, 0.2) is 5.72 Å². The third-order valence-electron chi connectivity index (χ3n) is 5.68. The predicted molar refractivity (Wildman–Crippen MR) is 92.7 cm³/mol. The molecular weight excluding hydrogens is 308 g/mol. The molecule has 0 aliphatic carbocycles. The highest BCUT2D eigenvalue weighted by Crippen LogP contribution is 2.40. The fourth-order valence-corrected chi connectivity index (χ4v) is 4.43. The van der Waals surface area contributed by atoms with E-state index in [0.29, 0.717) is 12.8 Å². The van der Waals surface area contributed by atoms with Crippen LogP contribution in [0.25, 0.3) is 0 Å². The molecule has 2 aliphatic heterocycles. The molecule has 7 nitrogen and oxygen atoms in total. The highest BCUT2D eigenvalue weighted by molar-refractivity contribution is 5.75. The summed E-state index contributed by atoms with van der Waals surface area (Å²) >= 11 is 0. The van der Waals surface area contributed by atoms with E-state index in [9.17, 15) is 15.1 Å². The van der Waals surface area contributed by atoms with E-state index in [4.69, 9.17) is 0 Å². The molecule has 5 N–H and O–H groups in total. The Hall–Kier alpha value is -0.890. The van der Waals surface area contributed by atoms with Gasteiger partial charge in [-0.1, -0.05) is 0 Å². The molecule has 0 aromatic heterocycles. The number of nitrogens with one attached hydrogen (secondary N) is 3. The minimum absolute atomic E-state index is 0.230. The number of hydrogen-bond acceptors (Lipinski definition) is 5. The molecule has 2 fully saturated rings. The SMILES string of the molecule is CC1(C)CC(O)(NC(=O)NC2CC(C)(C)N(O)C2(C)C)C(C)(C)N1. The molecule has 2 rings (SSSR count). The Kier molecular flexibility index (Phi) is 4.29. The minimum Gasteiger partial charge on any atom is -0.369 e. The Labute approximate surface area is 145 Å². The van der Waals surface area contributed by atoms with Gasteiger partial charge in [-0.3, -0.25) is 0 Å². The van der Waals surface area contributed by atoms with Crippen molar-refractivity contribution < 1.29 is 15.1 Å². The minimum atomic E-state index is -1.35. The van der Waals surface area contributed by atoms with E-state index in [1.807, 2.05) is 55.4 Å². The Bertz CT molecular complexity index is 530. The lowest BCUT2D eigenvalue weighted by Gasteiger charge is -2.38. The van der Waals surface area contributed by atoms with Gasteiger partial charge in [-0.15, -0.1) is 0 Å². The number of carbonyl (C=O) groups excluding carboxylic acids is 1. The molecule has 0 aromatic carbocycles. The first kappa shape index (κ1) is 19.4. The monoisotopic (exact) mass is 342 g/mol. The third kappa shape index (κ3) is 3.14. The number of rotatable bonds is 2. The van der Waals surface area contributed by atoms with E-state index >= 15 is 0 Å². The second-order valence-corrected chi connectivity index (χ2v) is 9.80. The van der Waals surface area contributed by atoms with Crippen LogP contribution < -0.4 is 16.0 Å². The van der Waals surface area contributed by atoms with Gasteiger partial charge in [0.1, 0.15) is 0 Å². The van der Waals surface area contributed by atoms with Crippen molar-refractivity contribution in [3.8, 4) is 0 Å². The molecule has 2 atom stereocenters. The highest BCUT2D eigenvalue weighted by atomic mass is 16.5. The summed E-state index contributed by atoms with van der Waals surface area (Å²) in [4.78, 5) is 12.6. The van der Waals surface area contributed by atoms with Crippen molar-refractivity contribution in [3.63, 3.8) is 0 Å². The molecule has 0 bridgehead atoms. The van der Waals surface area contributed by atoms with Crippen LogP contribution in [0.4, 0.5) is 4.79 Å². The highest BCUT2D eigenvalue weighted by Gasteiger charge is 2.57. The first-order chi connectivity index (χ1) is 10.5. The van der Waals surface area contributed by atoms with Gasteiger partial charge in [-0.25, -0.2) is 4.79 Å². The fraction of sp³-hybridized carbons (Fsp3) is 0.941. The molecule has 0 saturated carbocycles. The van der Waals surface area contributed by atoms with Crippen molar-refractivity contribution in [2.45, 2.75) is 102 Å². The lowest BCUT2D eigenvalue weighted by Crippen LogP contribution is -2.65. The van der Waals surface area contributed by atoms with Crippen LogP contribution >= 0.6 is 0 Å². The summed E-state index contributed by atoms with van der Waals surface area (Å²) < 4.78 is 0. The van der Waals surface area contributed by atoms with Crippen LogP contribution in [0.5, 0.6) is 0 Å². The van der Waals surface area contributed by atoms with Crippen LogP contribution in [0, 0.1) is 0 Å². The number of nitrogens with zero attached hydrogens (tertiary/aromatic N) is 1. The summed E-state index contributed by atoms with van der Waals surface area (Å²) in [7, 11) is 0. The van der Waals surface area contributed by atoms with Gasteiger partial charge in [-0.2, -0.15) is 5.06 Å². The Balaban J connectivity index is 2.09. The average molecular weight is 342 g/mol. The molecule has 0 aromatic rings. The zero-order valence-electron chi connectivity index (χ0n) is 16.2. The topological polar surface area (TPSA) is 96.9 Å². The van der Waals surface area contributed by atoms with Crippen LogP contribution in [-0.2, 0) is 0 Å². The maximum atomic E-state index is 12.6. The van der Waals surface area contributed by atoms with Crippen molar-refractivity contribution in [3.05, 3.63) is 0 Å². The molecule has 2 heterocycles. The van der Waals surface area contributed by atoms with Crippen LogP contribution in [0.2, 0.25) is 0 Å². The van der Waals surface area contributed by atoms with Crippen LogP contribution in [0.15, 0.2) is 0 Å². The Morgan fingerprint density at radius 2 is 1.67 bits per heavy atom. The van der Waals surface area contributed by atoms with E-state index in [1.54, 1.807) is 0 Å². The van der Waals surface area contributed by atoms with Gasteiger partial charge in [-0.05, 0) is 61.8 Å². The number of amides is 2. The van der Waals surface area contributed by atoms with Crippen molar-refractivity contribution in [1.29, 1.82) is 0 Å². The summed E-state index contributed by atoms with van der Waals surface area (Å²) in [5, 5.41) is 31.7. The Morgan fingerprint density at radius 3 is 2.04 bits per heavy atom. The lowest BCUT2D eigenvalue weighted by atomic mass is 9.90. The summed E-state index contributed by atoms with van der Waals surface area (Å²) in [5.74, 6) is 0. The molecule has 0 radical (unpaired) electrons. The normalized spacial score (nSPS) is 36.5. The molecule has 2 amide bonds. The van der Waals surface area contributed by atoms with Gasteiger partial charge in [0, 0.05) is 17.5 Å². The van der Waals surface area contributed by atoms with Crippen molar-refractivity contribution in [2.24, 2.45) is 0 Å². The standard InChI is InChI=1S/C17H34N4O3/c1-13(2)10-17(23,16(7,8)20-13)19-12(22)18-11-9-14(3,4)21(24)15(11,5)6/h11,20,23-24H,9-10H2,1-8H3,(H2,18,19,22). The number of hydroxylamine groups is 2. The van der Waals surface area contributed by atoms with Gasteiger partial charge < -0.3 is 26.3 Å². The quantitative estimate of drug-likeness (QED) is 0.491. The van der Waals surface area contributed by atoms with Gasteiger partial charge in [0.05, 0.1) is 17.1 Å². The fourth-order valence-electron chi connectivity index (χ4n) is 4.43. The number of aliphatic hydroxyl groups is 1. The van der Waals surface area contributed by atoms with Crippen molar-refractivity contribution >= 4 is 6.03 Å². The first-order valence-corrected chi connectivity index (χ1v) is 8.62. The third-order valence-corrected chi connectivity index (χ3v) is 5.68. The summed E-state index contributed by atoms with van der Waals surface area (Å²) in [6.45, 7) is 15.4. The average Bonchev–Trinajstić information content (AvgIpc) is 2.58. The maximum Gasteiger partial charge on any atom is 0.317 e. The molecule has 0 spiro atoms. The zero-order valence-corrected chi connectivity index (χ0v) is 16.2. The summed E-state index contributed by atoms with van der Waals surface area (Å²) in [5.41, 5.74) is -3.29. The summed E-state index contributed by atoms with van der Waals surface area (Å²) in [6, 6.07) is -0.652. The largest absolute Gasteiger partial charge is 0.369 e. The van der Waals surface area contributed by atoms with E-state index in [1.165, 1.54) is 5.06 Å². The lowest BCUT2D eigenvalue weighted by molar-refractivity contribution is -0.193. The van der Waals surface area contributed by atoms with Gasteiger partial charge in [0.2, 0.25) is 0 Å². The van der Waals surface area contributed by atoms with E-state index in [2.05, 4.69) is 16.0 Å². The number of urea groups is 1. The molecule has 2 unspecified atom stereocenters. The molecular formula is C17H34N4O3. The van der Waals surface area contributed by atoms with Crippen molar-refractivity contribution in [2.75, 3.05) is 0 Å². The van der Waals surface area contributed by atoms with Crippen LogP contribution in [0.1, 0.15) is 68.2 Å². The molecule has 2 aliphatic rings. The van der Waals surface area contributed by atoms with E-state index in [-0.39, 0.29) is 11.6 Å². The molecule has 24 heavy (non-hydrogen) atoms. The molecule has 140 valence electrons. The van der Waals surface area contributed by atoms with E-state index in [0.717, 1.165) is 0 Å². The zero-order chi connectivity index (χ0) is 18.8. The molecule has 7 heteroatoms. The smallest absolute Gasteiger partial charge is 0.317 e. The first-order valence-electron chi connectivity index (χ1n) is 8.62. The second-order valence-electron chi connectivity index (χ2n) is 9.80. The number of carbonyl (C=O) groups is 1. The van der Waals surface area contributed by atoms with E-state index < -0.39 is 28.4 Å². The maximum absolute atomic E-state index is 12.6. The molecule has 2 saturated heterocycles. The summed E-state index contributed by atoms with van der Waals surface area (Å²) in [6.07, 6.45) is 1.03. The van der Waals surface area contributed by atoms with Crippen LogP contribution in [-0.4, -0.2) is 55.3 Å². The number of hydrogen-bond donors (Lipinski definition) is 5. The van der Waals surface area contributed by atoms with Crippen LogP contribution in [0.3, 0.4) is 0 Å². The Morgan fingerprint density at radius 1 is 1.12 bits per heavy atom. The van der Waals surface area contributed by atoms with Crippen molar-refractivity contribution in [1.82, 2.24) is 21.0 Å². The van der Waals surface area contributed by atoms with Gasteiger partial charge in [0.25, 0.3) is 0 Å². The van der Waals surface area contributed by atoms with Gasteiger partial charge >= 0.3 is 6.03 Å².